The number of carboxylic acid groups (broad SMARTS) is 1. The highest BCUT2D eigenvalue weighted by molar-refractivity contribution is 5.94. The molecule has 1 N–H and O–H groups in total. The molecule has 0 saturated carbocycles. The Morgan fingerprint density at radius 2 is 2.17 bits per heavy atom. The molecule has 24 heavy (non-hydrogen) atoms. The molecule has 0 aromatic carbocycles. The Labute approximate surface area is 137 Å². The maximum absolute atomic E-state index is 13.8. The van der Waals surface area contributed by atoms with Crippen molar-refractivity contribution in [3.8, 4) is 0 Å². The molecule has 0 radical (unpaired) electrons. The average Bonchev–Trinajstić information content (AvgIpc) is 3.02. The van der Waals surface area contributed by atoms with Crippen LogP contribution in [0.25, 0.3) is 0 Å². The number of aromatic nitrogens is 3. The van der Waals surface area contributed by atoms with Crippen LogP contribution in [-0.4, -0.2) is 49.7 Å². The molecule has 7 nitrogen and oxygen atoms in total. The molecule has 1 aliphatic heterocycles. The van der Waals surface area contributed by atoms with Gasteiger partial charge in [0.05, 0.1) is 11.8 Å². The smallest absolute Gasteiger partial charge is 0.325 e. The molecule has 126 valence electrons. The second-order valence-corrected chi connectivity index (χ2v) is 5.75. The zero-order valence-electron chi connectivity index (χ0n) is 12.9. The second-order valence-electron chi connectivity index (χ2n) is 5.75. The maximum atomic E-state index is 13.8. The SMILES string of the molecule is O=C(O)Cn1nccc1[C@H]1CCCN(C(=O)c2ccncc2F)C1. The largest absolute Gasteiger partial charge is 0.480 e. The molecule has 3 heterocycles. The predicted octanol–water partition coefficient (Wildman–Crippen LogP) is 1.52. The van der Waals surface area contributed by atoms with Crippen molar-refractivity contribution < 1.29 is 19.1 Å². The third-order valence-corrected chi connectivity index (χ3v) is 4.16. The van der Waals surface area contributed by atoms with Gasteiger partial charge in [0.2, 0.25) is 0 Å². The molecule has 2 aromatic heterocycles. The van der Waals surface area contributed by atoms with Crippen molar-refractivity contribution in [3.63, 3.8) is 0 Å². The zero-order valence-corrected chi connectivity index (χ0v) is 12.9. The van der Waals surface area contributed by atoms with Crippen LogP contribution in [0.4, 0.5) is 4.39 Å². The van der Waals surface area contributed by atoms with Crippen molar-refractivity contribution >= 4 is 11.9 Å². The summed E-state index contributed by atoms with van der Waals surface area (Å²) in [5, 5.41) is 13.0. The fourth-order valence-electron chi connectivity index (χ4n) is 3.07. The summed E-state index contributed by atoms with van der Waals surface area (Å²) >= 11 is 0. The van der Waals surface area contributed by atoms with E-state index >= 15 is 0 Å². The third-order valence-electron chi connectivity index (χ3n) is 4.16. The summed E-state index contributed by atoms with van der Waals surface area (Å²) in [4.78, 5) is 28.7. The third kappa shape index (κ3) is 3.27. The van der Waals surface area contributed by atoms with E-state index in [1.54, 1.807) is 17.2 Å². The van der Waals surface area contributed by atoms with Gasteiger partial charge in [0.15, 0.2) is 5.82 Å². The molecule has 0 bridgehead atoms. The zero-order chi connectivity index (χ0) is 17.1. The Morgan fingerprint density at radius 1 is 1.33 bits per heavy atom. The normalized spacial score (nSPS) is 17.7. The van der Waals surface area contributed by atoms with E-state index in [-0.39, 0.29) is 23.9 Å². The van der Waals surface area contributed by atoms with Gasteiger partial charge in [0, 0.05) is 37.1 Å². The van der Waals surface area contributed by atoms with Gasteiger partial charge in [-0.05, 0) is 25.0 Å². The number of halogens is 1. The van der Waals surface area contributed by atoms with Crippen LogP contribution in [0.3, 0.4) is 0 Å². The number of carbonyl (C=O) groups excluding carboxylic acids is 1. The lowest BCUT2D eigenvalue weighted by Crippen LogP contribution is -2.40. The molecule has 0 aliphatic carbocycles. The summed E-state index contributed by atoms with van der Waals surface area (Å²) in [7, 11) is 0. The summed E-state index contributed by atoms with van der Waals surface area (Å²) in [5.74, 6) is -2.00. The summed E-state index contributed by atoms with van der Waals surface area (Å²) in [6, 6.07) is 3.14. The number of rotatable bonds is 4. The first-order chi connectivity index (χ1) is 11.6. The topological polar surface area (TPSA) is 88.3 Å². The summed E-state index contributed by atoms with van der Waals surface area (Å²) in [6.07, 6.45) is 5.56. The number of likely N-dealkylation sites (tertiary alicyclic amines) is 1. The summed E-state index contributed by atoms with van der Waals surface area (Å²) in [6.45, 7) is 0.738. The van der Waals surface area contributed by atoms with Gasteiger partial charge in [-0.3, -0.25) is 19.3 Å². The van der Waals surface area contributed by atoms with Gasteiger partial charge in [0.1, 0.15) is 6.54 Å². The van der Waals surface area contributed by atoms with Crippen LogP contribution in [-0.2, 0) is 11.3 Å². The number of pyridine rings is 1. The minimum Gasteiger partial charge on any atom is -0.480 e. The van der Waals surface area contributed by atoms with Gasteiger partial charge in [-0.25, -0.2) is 4.39 Å². The minimum atomic E-state index is -0.970. The molecular formula is C16H17FN4O3. The summed E-state index contributed by atoms with van der Waals surface area (Å²) < 4.78 is 15.2. The van der Waals surface area contributed by atoms with Crippen LogP contribution in [0.1, 0.15) is 34.8 Å². The van der Waals surface area contributed by atoms with Crippen LogP contribution < -0.4 is 0 Å². The number of hydrogen-bond donors (Lipinski definition) is 1. The molecule has 0 unspecified atom stereocenters. The second kappa shape index (κ2) is 6.77. The van der Waals surface area contributed by atoms with E-state index in [0.29, 0.717) is 13.1 Å². The van der Waals surface area contributed by atoms with Crippen molar-refractivity contribution in [2.75, 3.05) is 13.1 Å². The quantitative estimate of drug-likeness (QED) is 0.917. The first kappa shape index (κ1) is 16.1. The van der Waals surface area contributed by atoms with Crippen LogP contribution >= 0.6 is 0 Å². The fourth-order valence-corrected chi connectivity index (χ4v) is 3.07. The Morgan fingerprint density at radius 3 is 2.92 bits per heavy atom. The van der Waals surface area contributed by atoms with Crippen molar-refractivity contribution in [1.82, 2.24) is 19.7 Å². The standard InChI is InChI=1S/C16H17FN4O3/c17-13-8-18-5-3-12(13)16(24)20-7-1-2-11(9-20)14-4-6-19-21(14)10-15(22)23/h3-6,8,11H,1-2,7,9-10H2,(H,22,23)/t11-/m0/s1. The van der Waals surface area contributed by atoms with Crippen LogP contribution in [0.5, 0.6) is 0 Å². The lowest BCUT2D eigenvalue weighted by molar-refractivity contribution is -0.137. The van der Waals surface area contributed by atoms with Crippen molar-refractivity contribution in [1.29, 1.82) is 0 Å². The summed E-state index contributed by atoms with van der Waals surface area (Å²) in [5.41, 5.74) is 0.787. The Bertz CT molecular complexity index is 761. The van der Waals surface area contributed by atoms with Gasteiger partial charge in [-0.15, -0.1) is 0 Å². The predicted molar refractivity (Wildman–Crippen MR) is 81.9 cm³/mol. The Kier molecular flexibility index (Phi) is 4.54. The highest BCUT2D eigenvalue weighted by atomic mass is 19.1. The monoisotopic (exact) mass is 332 g/mol. The molecule has 1 aliphatic rings. The number of piperidine rings is 1. The highest BCUT2D eigenvalue weighted by Gasteiger charge is 2.28. The number of aliphatic carboxylic acids is 1. The maximum Gasteiger partial charge on any atom is 0.325 e. The lowest BCUT2D eigenvalue weighted by atomic mass is 9.94. The average molecular weight is 332 g/mol. The van der Waals surface area contributed by atoms with Crippen LogP contribution in [0, 0.1) is 5.82 Å². The molecule has 8 heteroatoms. The van der Waals surface area contributed by atoms with E-state index in [1.807, 2.05) is 0 Å². The highest BCUT2D eigenvalue weighted by Crippen LogP contribution is 2.28. The van der Waals surface area contributed by atoms with Gasteiger partial charge < -0.3 is 10.0 Å². The van der Waals surface area contributed by atoms with E-state index in [9.17, 15) is 14.0 Å². The number of carbonyl (C=O) groups is 2. The minimum absolute atomic E-state index is 0.00435. The van der Waals surface area contributed by atoms with E-state index in [1.165, 1.54) is 16.9 Å². The van der Waals surface area contributed by atoms with Crippen molar-refractivity contribution in [3.05, 3.63) is 47.8 Å². The van der Waals surface area contributed by atoms with Gasteiger partial charge in [-0.2, -0.15) is 5.10 Å². The van der Waals surface area contributed by atoms with E-state index in [4.69, 9.17) is 5.11 Å². The van der Waals surface area contributed by atoms with Crippen molar-refractivity contribution in [2.45, 2.75) is 25.3 Å². The van der Waals surface area contributed by atoms with Gasteiger partial charge in [-0.1, -0.05) is 0 Å². The molecule has 3 rings (SSSR count). The van der Waals surface area contributed by atoms with E-state index in [2.05, 4.69) is 10.1 Å². The fraction of sp³-hybridized carbons (Fsp3) is 0.375. The van der Waals surface area contributed by atoms with Crippen LogP contribution in [0.15, 0.2) is 30.7 Å². The first-order valence-corrected chi connectivity index (χ1v) is 7.68. The molecule has 1 atom stereocenters. The number of amides is 1. The van der Waals surface area contributed by atoms with Gasteiger partial charge in [0.25, 0.3) is 5.91 Å². The van der Waals surface area contributed by atoms with E-state index < -0.39 is 11.8 Å². The molecule has 1 fully saturated rings. The van der Waals surface area contributed by atoms with Crippen molar-refractivity contribution in [2.24, 2.45) is 0 Å². The van der Waals surface area contributed by atoms with Crippen LogP contribution in [0.2, 0.25) is 0 Å². The molecule has 1 saturated heterocycles. The van der Waals surface area contributed by atoms with E-state index in [0.717, 1.165) is 24.7 Å². The molecule has 0 spiro atoms. The van der Waals surface area contributed by atoms with Gasteiger partial charge >= 0.3 is 5.97 Å². The number of carboxylic acids is 1. The molecular weight excluding hydrogens is 315 g/mol. The number of hydrogen-bond acceptors (Lipinski definition) is 4. The first-order valence-electron chi connectivity index (χ1n) is 7.68. The molecule has 1 amide bonds. The number of nitrogens with zero attached hydrogens (tertiary/aromatic N) is 4. The Balaban J connectivity index is 1.78. The Hall–Kier alpha value is -2.77. The molecule has 2 aromatic rings. The lowest BCUT2D eigenvalue weighted by Gasteiger charge is -2.33.